The van der Waals surface area contributed by atoms with Crippen molar-refractivity contribution in [2.45, 2.75) is 0 Å². The minimum Gasteiger partial charge on any atom is -0.296 e. The van der Waals surface area contributed by atoms with Crippen molar-refractivity contribution in [3.05, 3.63) is 11.9 Å². The molecule has 0 aliphatic rings. The van der Waals surface area contributed by atoms with Gasteiger partial charge in [0.2, 0.25) is 0 Å². The molecular weight excluding hydrogens is 126 g/mol. The van der Waals surface area contributed by atoms with Gasteiger partial charge in [-0.15, -0.1) is 5.10 Å². The van der Waals surface area contributed by atoms with Gasteiger partial charge >= 0.3 is 0 Å². The maximum Gasteiger partial charge on any atom is 0.170 e. The monoisotopic (exact) mass is 129 g/mol. The second-order valence-corrected chi connectivity index (χ2v) is 1.55. The Hall–Kier alpha value is -0.840. The van der Waals surface area contributed by atoms with Gasteiger partial charge in [0.1, 0.15) is 5.69 Å². The molecule has 1 rings (SSSR count). The van der Waals surface area contributed by atoms with Crippen LogP contribution in [-0.2, 0) is 0 Å². The predicted molar refractivity (Wildman–Crippen MR) is 29.8 cm³/mol. The number of aromatic nitrogens is 3. The quantitative estimate of drug-likeness (QED) is 0.421. The molecule has 0 aromatic carbocycles. The highest BCUT2D eigenvalue weighted by Gasteiger charge is 1.93. The Morgan fingerprint density at radius 1 is 1.88 bits per heavy atom. The molecule has 0 fully saturated rings. The average Bonchev–Trinajstić information content (AvgIpc) is 2.14. The summed E-state index contributed by atoms with van der Waals surface area (Å²) in [6.45, 7) is 0. The molecule has 0 aliphatic heterocycles. The summed E-state index contributed by atoms with van der Waals surface area (Å²) in [4.78, 5) is 9.94. The van der Waals surface area contributed by atoms with Crippen molar-refractivity contribution in [3.8, 4) is 0 Å². The molecule has 0 saturated carbocycles. The van der Waals surface area contributed by atoms with Gasteiger partial charge in [-0.1, -0.05) is 5.21 Å². The van der Waals surface area contributed by atoms with Crippen molar-refractivity contribution < 1.29 is 4.79 Å². The third-order valence-corrected chi connectivity index (χ3v) is 0.989. The molecule has 0 aliphatic carbocycles. The van der Waals surface area contributed by atoms with Gasteiger partial charge in [-0.3, -0.25) is 4.79 Å². The van der Waals surface area contributed by atoms with E-state index in [-0.39, 0.29) is 0 Å². The zero-order chi connectivity index (χ0) is 5.98. The number of hydrogen-bond acceptors (Lipinski definition) is 4. The number of carbonyl (C=O) groups excluding carboxylic acids is 1. The molecule has 0 radical (unpaired) electrons. The largest absolute Gasteiger partial charge is 0.296 e. The molecule has 0 amide bonds. The van der Waals surface area contributed by atoms with Crippen LogP contribution in [0.2, 0.25) is 0 Å². The first-order valence-electron chi connectivity index (χ1n) is 1.89. The molecule has 8 heavy (non-hydrogen) atoms. The first kappa shape index (κ1) is 5.30. The molecule has 0 bridgehead atoms. The average molecular weight is 129 g/mol. The van der Waals surface area contributed by atoms with Crippen LogP contribution in [-0.4, -0.2) is 20.7 Å². The Bertz CT molecular complexity index is 196. The fourth-order valence-electron chi connectivity index (χ4n) is 0.315. The molecule has 4 nitrogen and oxygen atoms in total. The Morgan fingerprint density at radius 2 is 2.62 bits per heavy atom. The second-order valence-electron chi connectivity index (χ2n) is 1.17. The van der Waals surface area contributed by atoms with E-state index in [1.165, 1.54) is 6.20 Å². The topological polar surface area (TPSA) is 47.8 Å². The van der Waals surface area contributed by atoms with Crippen LogP contribution < -0.4 is 0 Å². The minimum absolute atomic E-state index is 0.355. The summed E-state index contributed by atoms with van der Waals surface area (Å²) < 4.78 is 1.10. The normalized spacial score (nSPS) is 9.12. The molecule has 0 unspecified atom stereocenters. The van der Waals surface area contributed by atoms with Gasteiger partial charge in [-0.25, -0.2) is 0 Å². The summed E-state index contributed by atoms with van der Waals surface area (Å²) in [5.74, 6) is 0. The van der Waals surface area contributed by atoms with E-state index in [2.05, 4.69) is 23.1 Å². The van der Waals surface area contributed by atoms with Gasteiger partial charge in [0.25, 0.3) is 0 Å². The molecule has 1 aromatic heterocycles. The highest BCUT2D eigenvalue weighted by atomic mass is 32.1. The lowest BCUT2D eigenvalue weighted by molar-refractivity contribution is 0.111. The Labute approximate surface area is 51.0 Å². The van der Waals surface area contributed by atoms with E-state index in [1.807, 2.05) is 0 Å². The summed E-state index contributed by atoms with van der Waals surface area (Å²) in [7, 11) is 0. The summed E-state index contributed by atoms with van der Waals surface area (Å²) in [6, 6.07) is 0. The zero-order valence-electron chi connectivity index (χ0n) is 3.85. The Balaban J connectivity index is 3.09. The van der Waals surface area contributed by atoms with E-state index in [0.29, 0.717) is 12.0 Å². The molecule has 1 heterocycles. The first-order chi connectivity index (χ1) is 3.84. The second kappa shape index (κ2) is 1.95. The van der Waals surface area contributed by atoms with Crippen LogP contribution in [0.4, 0.5) is 0 Å². The third kappa shape index (κ3) is 0.717. The highest BCUT2D eigenvalue weighted by molar-refractivity contribution is 7.78. The van der Waals surface area contributed by atoms with Crippen LogP contribution in [0.25, 0.3) is 0 Å². The van der Waals surface area contributed by atoms with E-state index in [0.717, 1.165) is 4.09 Å². The van der Waals surface area contributed by atoms with Crippen LogP contribution in [0.5, 0.6) is 0 Å². The fraction of sp³-hybridized carbons (Fsp3) is 0. The number of thiol groups is 1. The van der Waals surface area contributed by atoms with E-state index in [9.17, 15) is 4.79 Å². The number of carbonyl (C=O) groups is 1. The van der Waals surface area contributed by atoms with E-state index < -0.39 is 0 Å². The lowest BCUT2D eigenvalue weighted by Gasteiger charge is -1.81. The summed E-state index contributed by atoms with van der Waals surface area (Å²) in [6.07, 6.45) is 1.97. The summed E-state index contributed by atoms with van der Waals surface area (Å²) in [5, 5.41) is 6.78. The van der Waals surface area contributed by atoms with E-state index in [1.54, 1.807) is 0 Å². The Kier molecular flexibility index (Phi) is 1.29. The zero-order valence-corrected chi connectivity index (χ0v) is 4.75. The van der Waals surface area contributed by atoms with Crippen molar-refractivity contribution in [3.63, 3.8) is 0 Å². The van der Waals surface area contributed by atoms with Gasteiger partial charge in [-0.2, -0.15) is 4.09 Å². The van der Waals surface area contributed by atoms with Crippen LogP contribution in [0.3, 0.4) is 0 Å². The number of aldehydes is 1. The van der Waals surface area contributed by atoms with Crippen LogP contribution in [0, 0.1) is 0 Å². The van der Waals surface area contributed by atoms with E-state index >= 15 is 0 Å². The number of rotatable bonds is 1. The number of hydrogen-bond donors (Lipinski definition) is 1. The van der Waals surface area contributed by atoms with E-state index in [4.69, 9.17) is 0 Å². The highest BCUT2D eigenvalue weighted by Crippen LogP contribution is 1.90. The molecule has 42 valence electrons. The molecule has 5 heteroatoms. The van der Waals surface area contributed by atoms with Crippen molar-refractivity contribution >= 4 is 19.1 Å². The Morgan fingerprint density at radius 3 is 2.88 bits per heavy atom. The van der Waals surface area contributed by atoms with Crippen molar-refractivity contribution in [2.24, 2.45) is 0 Å². The standard InChI is InChI=1S/C3H3N3OS/c7-2-3-1-4-5-6(3)8/h1-2,8H. The third-order valence-electron chi connectivity index (χ3n) is 0.678. The fourth-order valence-corrected chi connectivity index (χ4v) is 0.460. The predicted octanol–water partition coefficient (Wildman–Crippen LogP) is -0.216. The lowest BCUT2D eigenvalue weighted by Crippen LogP contribution is -1.88. The van der Waals surface area contributed by atoms with Gasteiger partial charge < -0.3 is 0 Å². The van der Waals surface area contributed by atoms with Crippen molar-refractivity contribution in [1.82, 2.24) is 14.4 Å². The molecule has 0 N–H and O–H groups in total. The maximum atomic E-state index is 9.94. The van der Waals surface area contributed by atoms with Gasteiger partial charge in [0.05, 0.1) is 6.20 Å². The number of nitrogens with zero attached hydrogens (tertiary/aromatic N) is 3. The minimum atomic E-state index is 0.355. The van der Waals surface area contributed by atoms with Gasteiger partial charge in [-0.05, 0) is 12.8 Å². The van der Waals surface area contributed by atoms with Gasteiger partial charge in [0, 0.05) is 0 Å². The molecule has 0 atom stereocenters. The molecule has 0 spiro atoms. The summed E-state index contributed by atoms with van der Waals surface area (Å²) >= 11 is 3.74. The van der Waals surface area contributed by atoms with Crippen molar-refractivity contribution in [1.29, 1.82) is 0 Å². The van der Waals surface area contributed by atoms with Crippen LogP contribution in [0.1, 0.15) is 10.5 Å². The molecule has 0 saturated heterocycles. The lowest BCUT2D eigenvalue weighted by atomic mass is 10.6. The maximum absolute atomic E-state index is 9.94. The van der Waals surface area contributed by atoms with Crippen molar-refractivity contribution in [2.75, 3.05) is 0 Å². The van der Waals surface area contributed by atoms with Gasteiger partial charge in [0.15, 0.2) is 6.29 Å². The smallest absolute Gasteiger partial charge is 0.170 e. The summed E-state index contributed by atoms with van der Waals surface area (Å²) in [5.41, 5.74) is 0.355. The molecular formula is C3H3N3OS. The molecule has 1 aromatic rings. The van der Waals surface area contributed by atoms with Crippen LogP contribution >= 0.6 is 12.8 Å². The SMILES string of the molecule is O=Cc1cnnn1S. The van der Waals surface area contributed by atoms with Crippen LogP contribution in [0.15, 0.2) is 6.20 Å². The first-order valence-corrected chi connectivity index (χ1v) is 2.29.